The smallest absolute Gasteiger partial charge is 0.335 e. The van der Waals surface area contributed by atoms with Crippen LogP contribution in [-0.4, -0.2) is 20.5 Å². The summed E-state index contributed by atoms with van der Waals surface area (Å²) < 4.78 is 15.0. The Hall–Kier alpha value is -3.69. The first-order chi connectivity index (χ1) is 16.3. The van der Waals surface area contributed by atoms with Crippen LogP contribution in [0.1, 0.15) is 11.1 Å². The third-order valence-electron chi connectivity index (χ3n) is 4.87. The van der Waals surface area contributed by atoms with Crippen LogP contribution in [0, 0.1) is 5.82 Å². The van der Waals surface area contributed by atoms with Gasteiger partial charge in [0.15, 0.2) is 0 Å². The van der Waals surface area contributed by atoms with Crippen LogP contribution in [0.5, 0.6) is 5.88 Å². The molecule has 0 aliphatic carbocycles. The SMILES string of the molecule is O=c1[nH]c(=O)n(-c2ccc(Br)cc2)c(O)c1C(=NCc1ccc(F)cc1)Nc1ccccc1Cl. The molecule has 0 aliphatic heterocycles. The second kappa shape index (κ2) is 10.1. The zero-order valence-electron chi connectivity index (χ0n) is 17.4. The van der Waals surface area contributed by atoms with Crippen molar-refractivity contribution < 1.29 is 9.50 Å². The highest BCUT2D eigenvalue weighted by molar-refractivity contribution is 9.10. The summed E-state index contributed by atoms with van der Waals surface area (Å²) in [6.45, 7) is 0.0589. The van der Waals surface area contributed by atoms with Crippen LogP contribution < -0.4 is 16.6 Å². The molecule has 0 aliphatic rings. The van der Waals surface area contributed by atoms with Crippen LogP contribution >= 0.6 is 27.5 Å². The number of para-hydroxylation sites is 1. The fraction of sp³-hybridized carbons (Fsp3) is 0.0417. The molecule has 10 heteroatoms. The topological polar surface area (TPSA) is 99.5 Å². The molecule has 0 saturated heterocycles. The fourth-order valence-electron chi connectivity index (χ4n) is 3.20. The van der Waals surface area contributed by atoms with Gasteiger partial charge in [0.1, 0.15) is 17.2 Å². The van der Waals surface area contributed by atoms with Crippen LogP contribution in [0.3, 0.4) is 0 Å². The summed E-state index contributed by atoms with van der Waals surface area (Å²) >= 11 is 9.59. The normalized spacial score (nSPS) is 11.4. The van der Waals surface area contributed by atoms with Gasteiger partial charge in [-0.15, -0.1) is 0 Å². The number of nitrogens with one attached hydrogen (secondary N) is 2. The first-order valence-corrected chi connectivity index (χ1v) is 11.2. The molecule has 4 rings (SSSR count). The predicted octanol–water partition coefficient (Wildman–Crippen LogP) is 4.85. The lowest BCUT2D eigenvalue weighted by Gasteiger charge is -2.15. The summed E-state index contributed by atoms with van der Waals surface area (Å²) in [5, 5.41) is 14.4. The first-order valence-electron chi connectivity index (χ1n) is 9.98. The average Bonchev–Trinajstić information content (AvgIpc) is 2.80. The van der Waals surface area contributed by atoms with Crippen LogP contribution in [0.25, 0.3) is 5.69 Å². The lowest BCUT2D eigenvalue weighted by atomic mass is 10.2. The molecule has 0 atom stereocenters. The van der Waals surface area contributed by atoms with Crippen molar-refractivity contribution in [3.63, 3.8) is 0 Å². The molecule has 1 heterocycles. The molecule has 0 spiro atoms. The molecular formula is C24H17BrClFN4O3. The lowest BCUT2D eigenvalue weighted by Crippen LogP contribution is -2.35. The Bertz CT molecular complexity index is 1480. The Labute approximate surface area is 206 Å². The third-order valence-corrected chi connectivity index (χ3v) is 5.73. The summed E-state index contributed by atoms with van der Waals surface area (Å²) in [7, 11) is 0. The summed E-state index contributed by atoms with van der Waals surface area (Å²) in [5.74, 6) is -1.02. The van der Waals surface area contributed by atoms with E-state index in [9.17, 15) is 19.1 Å². The highest BCUT2D eigenvalue weighted by Crippen LogP contribution is 2.24. The number of halogens is 3. The molecule has 3 aromatic carbocycles. The number of nitrogens with zero attached hydrogens (tertiary/aromatic N) is 2. The maximum Gasteiger partial charge on any atom is 0.335 e. The maximum absolute atomic E-state index is 13.3. The van der Waals surface area contributed by atoms with Gasteiger partial charge >= 0.3 is 5.69 Å². The standard InChI is InChI=1S/C24H17BrClFN4O3/c25-15-7-11-17(12-8-15)31-23(33)20(22(32)30-24(31)34)21(29-19-4-2-1-3-18(19)26)28-13-14-5-9-16(27)10-6-14/h1-12,33H,13H2,(H,28,29)(H,30,32,34). The maximum atomic E-state index is 13.3. The van der Waals surface area contributed by atoms with Gasteiger partial charge in [-0.05, 0) is 54.1 Å². The molecule has 1 aromatic heterocycles. The van der Waals surface area contributed by atoms with Gasteiger partial charge in [-0.2, -0.15) is 0 Å². The van der Waals surface area contributed by atoms with Gasteiger partial charge < -0.3 is 10.4 Å². The largest absolute Gasteiger partial charge is 0.493 e. The molecular weight excluding hydrogens is 527 g/mol. The van der Waals surface area contributed by atoms with Gasteiger partial charge in [-0.1, -0.05) is 51.8 Å². The summed E-state index contributed by atoms with van der Waals surface area (Å²) in [5.41, 5.74) is -0.486. The quantitative estimate of drug-likeness (QED) is 0.248. The van der Waals surface area contributed by atoms with Crippen molar-refractivity contribution in [1.82, 2.24) is 9.55 Å². The van der Waals surface area contributed by atoms with Gasteiger partial charge in [-0.25, -0.2) is 13.8 Å². The third kappa shape index (κ3) is 5.11. The van der Waals surface area contributed by atoms with Gasteiger partial charge in [0, 0.05) is 4.47 Å². The van der Waals surface area contributed by atoms with E-state index < -0.39 is 22.9 Å². The van der Waals surface area contributed by atoms with Gasteiger partial charge in [-0.3, -0.25) is 14.8 Å². The van der Waals surface area contributed by atoms with E-state index in [1.807, 2.05) is 0 Å². The molecule has 172 valence electrons. The molecule has 0 bridgehead atoms. The van der Waals surface area contributed by atoms with Crippen molar-refractivity contribution in [2.45, 2.75) is 6.54 Å². The van der Waals surface area contributed by atoms with E-state index in [1.165, 1.54) is 12.1 Å². The highest BCUT2D eigenvalue weighted by Gasteiger charge is 2.21. The minimum Gasteiger partial charge on any atom is -0.493 e. The Morgan fingerprint density at radius 3 is 2.41 bits per heavy atom. The summed E-state index contributed by atoms with van der Waals surface area (Å²) in [6.07, 6.45) is 0. The molecule has 3 N–H and O–H groups in total. The van der Waals surface area contributed by atoms with Crippen molar-refractivity contribution in [3.05, 3.63) is 120 Å². The highest BCUT2D eigenvalue weighted by atomic mass is 79.9. The molecule has 0 amide bonds. The van der Waals surface area contributed by atoms with E-state index in [4.69, 9.17) is 11.6 Å². The molecule has 0 radical (unpaired) electrons. The fourth-order valence-corrected chi connectivity index (χ4v) is 3.65. The Morgan fingerprint density at radius 2 is 1.74 bits per heavy atom. The van der Waals surface area contributed by atoms with Crippen LogP contribution in [0.15, 0.2) is 91.9 Å². The number of hydrogen-bond acceptors (Lipinski definition) is 4. The van der Waals surface area contributed by atoms with Crippen molar-refractivity contribution >= 4 is 39.1 Å². The van der Waals surface area contributed by atoms with E-state index in [0.717, 1.165) is 9.04 Å². The molecule has 0 unspecified atom stereocenters. The Kier molecular flexibility index (Phi) is 6.95. The lowest BCUT2D eigenvalue weighted by molar-refractivity contribution is 0.429. The van der Waals surface area contributed by atoms with Crippen molar-refractivity contribution in [2.24, 2.45) is 4.99 Å². The monoisotopic (exact) mass is 542 g/mol. The Balaban J connectivity index is 1.87. The number of anilines is 1. The number of aliphatic imine (C=N–C) groups is 1. The Morgan fingerprint density at radius 1 is 1.06 bits per heavy atom. The van der Waals surface area contributed by atoms with E-state index in [2.05, 4.69) is 31.2 Å². The van der Waals surface area contributed by atoms with Crippen molar-refractivity contribution in [3.8, 4) is 11.6 Å². The van der Waals surface area contributed by atoms with Gasteiger partial charge in [0.05, 0.1) is 22.9 Å². The zero-order valence-corrected chi connectivity index (χ0v) is 19.8. The van der Waals surface area contributed by atoms with Crippen LogP contribution in [0.4, 0.5) is 10.1 Å². The van der Waals surface area contributed by atoms with Gasteiger partial charge in [0.25, 0.3) is 5.56 Å². The first kappa shape index (κ1) is 23.5. The zero-order chi connectivity index (χ0) is 24.2. The predicted molar refractivity (Wildman–Crippen MR) is 134 cm³/mol. The number of aromatic nitrogens is 2. The number of benzene rings is 3. The van der Waals surface area contributed by atoms with E-state index in [0.29, 0.717) is 22.0 Å². The average molecular weight is 544 g/mol. The number of aromatic amines is 1. The summed E-state index contributed by atoms with van der Waals surface area (Å²) in [4.78, 5) is 32.1. The number of H-pyrrole nitrogens is 1. The van der Waals surface area contributed by atoms with Crippen molar-refractivity contribution in [2.75, 3.05) is 5.32 Å². The number of aromatic hydroxyl groups is 1. The van der Waals surface area contributed by atoms with Gasteiger partial charge in [0.2, 0.25) is 5.88 Å². The number of hydrogen-bond donors (Lipinski definition) is 3. The second-order valence-electron chi connectivity index (χ2n) is 7.17. The molecule has 4 aromatic rings. The number of amidine groups is 1. The van der Waals surface area contributed by atoms with E-state index in [-0.39, 0.29) is 17.9 Å². The van der Waals surface area contributed by atoms with Crippen LogP contribution in [-0.2, 0) is 6.54 Å². The number of rotatable bonds is 5. The van der Waals surface area contributed by atoms with Crippen LogP contribution in [0.2, 0.25) is 5.02 Å². The van der Waals surface area contributed by atoms with E-state index >= 15 is 0 Å². The summed E-state index contributed by atoms with van der Waals surface area (Å²) in [6, 6.07) is 19.1. The second-order valence-corrected chi connectivity index (χ2v) is 8.49. The van der Waals surface area contributed by atoms with Crippen molar-refractivity contribution in [1.29, 1.82) is 0 Å². The minimum atomic E-state index is -0.840. The van der Waals surface area contributed by atoms with E-state index in [1.54, 1.807) is 60.7 Å². The molecule has 0 fully saturated rings. The molecule has 7 nitrogen and oxygen atoms in total. The molecule has 0 saturated carbocycles. The molecule has 34 heavy (non-hydrogen) atoms. The minimum absolute atomic E-state index is 0.0259.